The Bertz CT molecular complexity index is 1400. The third-order valence-corrected chi connectivity index (χ3v) is 7.63. The van der Waals surface area contributed by atoms with Crippen LogP contribution >= 0.6 is 0 Å². The maximum Gasteiger partial charge on any atom is 0.240 e. The maximum absolute atomic E-state index is 12.9. The number of hydrogen-bond donors (Lipinski definition) is 3. The number of sulfonamides is 1. The monoisotopic (exact) mass is 533 g/mol. The third-order valence-electron chi connectivity index (χ3n) is 6.16. The molecule has 4 rings (SSSR count). The van der Waals surface area contributed by atoms with Gasteiger partial charge < -0.3 is 19.9 Å². The number of H-pyrrole nitrogens is 1. The van der Waals surface area contributed by atoms with E-state index in [1.54, 1.807) is 19.2 Å². The first-order valence-corrected chi connectivity index (χ1v) is 14.1. The van der Waals surface area contributed by atoms with E-state index in [0.29, 0.717) is 13.0 Å². The van der Waals surface area contributed by atoms with Crippen LogP contribution in [0.1, 0.15) is 11.3 Å². The van der Waals surface area contributed by atoms with Crippen LogP contribution in [0.25, 0.3) is 22.6 Å². The van der Waals surface area contributed by atoms with Gasteiger partial charge in [-0.25, -0.2) is 18.1 Å². The summed E-state index contributed by atoms with van der Waals surface area (Å²) >= 11 is 0. The van der Waals surface area contributed by atoms with Gasteiger partial charge in [0.05, 0.1) is 23.4 Å². The molecule has 38 heavy (non-hydrogen) atoms. The summed E-state index contributed by atoms with van der Waals surface area (Å²) in [5.41, 5.74) is 4.60. The van der Waals surface area contributed by atoms with Gasteiger partial charge in [-0.3, -0.25) is 0 Å². The van der Waals surface area contributed by atoms with Crippen molar-refractivity contribution in [1.82, 2.24) is 24.9 Å². The van der Waals surface area contributed by atoms with E-state index in [1.807, 2.05) is 80.8 Å². The second-order valence-electron chi connectivity index (χ2n) is 9.27. The normalized spacial score (nSPS) is 11.7. The Labute approximate surface area is 225 Å². The predicted octanol–water partition coefficient (Wildman–Crippen LogP) is 3.92. The molecule has 8 nitrogen and oxygen atoms in total. The Balaban J connectivity index is 1.44. The lowest BCUT2D eigenvalue weighted by molar-refractivity contribution is 0.400. The second kappa shape index (κ2) is 12.8. The number of imidazole rings is 1. The van der Waals surface area contributed by atoms with E-state index in [2.05, 4.69) is 19.9 Å². The zero-order valence-electron chi connectivity index (χ0n) is 22.1. The summed E-state index contributed by atoms with van der Waals surface area (Å²) in [6, 6.07) is 24.6. The molecule has 9 heteroatoms. The number of nitrogens with one attached hydrogen (secondary N) is 3. The summed E-state index contributed by atoms with van der Waals surface area (Å²) < 4.78 is 33.9. The van der Waals surface area contributed by atoms with Crippen molar-refractivity contribution in [3.8, 4) is 28.4 Å². The van der Waals surface area contributed by atoms with E-state index in [0.717, 1.165) is 52.7 Å². The molecule has 200 valence electrons. The Morgan fingerprint density at radius 2 is 1.61 bits per heavy atom. The molecule has 4 aromatic rings. The topological polar surface area (TPSA) is 99.3 Å². The highest BCUT2D eigenvalue weighted by molar-refractivity contribution is 7.89. The number of benzene rings is 3. The quantitative estimate of drug-likeness (QED) is 0.225. The van der Waals surface area contributed by atoms with Crippen LogP contribution in [0.2, 0.25) is 0 Å². The molecular weight excluding hydrogens is 498 g/mol. The van der Waals surface area contributed by atoms with E-state index < -0.39 is 10.0 Å². The highest BCUT2D eigenvalue weighted by atomic mass is 32.2. The number of nitrogens with zero attached hydrogens (tertiary/aromatic N) is 2. The lowest BCUT2D eigenvalue weighted by Crippen LogP contribution is -2.27. The molecule has 0 saturated carbocycles. The van der Waals surface area contributed by atoms with Crippen LogP contribution in [0, 0.1) is 0 Å². The average Bonchev–Trinajstić information content (AvgIpc) is 3.36. The Morgan fingerprint density at radius 1 is 0.895 bits per heavy atom. The molecule has 0 aliphatic heterocycles. The summed E-state index contributed by atoms with van der Waals surface area (Å²) in [4.78, 5) is 10.6. The number of rotatable bonds is 13. The van der Waals surface area contributed by atoms with Gasteiger partial charge in [-0.05, 0) is 56.1 Å². The Kier molecular flexibility index (Phi) is 9.30. The third kappa shape index (κ3) is 7.29. The van der Waals surface area contributed by atoms with E-state index >= 15 is 0 Å². The molecular formula is C29H35N5O3S. The van der Waals surface area contributed by atoms with Crippen LogP contribution < -0.4 is 14.8 Å². The van der Waals surface area contributed by atoms with Crippen molar-refractivity contribution >= 4 is 10.0 Å². The van der Waals surface area contributed by atoms with Crippen LogP contribution in [0.3, 0.4) is 0 Å². The van der Waals surface area contributed by atoms with Crippen molar-refractivity contribution in [2.45, 2.75) is 17.9 Å². The first-order valence-electron chi connectivity index (χ1n) is 12.6. The lowest BCUT2D eigenvalue weighted by Gasteiger charge is -2.11. The molecule has 0 amide bonds. The van der Waals surface area contributed by atoms with Crippen LogP contribution in [0.15, 0.2) is 83.8 Å². The highest BCUT2D eigenvalue weighted by Gasteiger charge is 2.17. The Morgan fingerprint density at radius 3 is 2.26 bits per heavy atom. The van der Waals surface area contributed by atoms with Crippen LogP contribution in [-0.2, 0) is 23.0 Å². The summed E-state index contributed by atoms with van der Waals surface area (Å²) in [6.45, 7) is 2.72. The molecule has 0 saturated heterocycles. The fourth-order valence-electron chi connectivity index (χ4n) is 4.03. The molecule has 3 N–H and O–H groups in total. The minimum absolute atomic E-state index is 0.221. The molecule has 1 heterocycles. The summed E-state index contributed by atoms with van der Waals surface area (Å²) in [6.07, 6.45) is 0.428. The van der Waals surface area contributed by atoms with Gasteiger partial charge in [0.1, 0.15) is 11.6 Å². The molecule has 3 aromatic carbocycles. The number of hydrogen-bond acceptors (Lipinski definition) is 6. The molecule has 0 aliphatic rings. The Hall–Kier alpha value is -3.50. The lowest BCUT2D eigenvalue weighted by atomic mass is 10.1. The van der Waals surface area contributed by atoms with E-state index in [-0.39, 0.29) is 11.4 Å². The van der Waals surface area contributed by atoms with Crippen molar-refractivity contribution in [2.75, 3.05) is 40.8 Å². The van der Waals surface area contributed by atoms with Crippen molar-refractivity contribution < 1.29 is 13.2 Å². The van der Waals surface area contributed by atoms with Crippen LogP contribution in [0.4, 0.5) is 0 Å². The van der Waals surface area contributed by atoms with Gasteiger partial charge in [-0.1, -0.05) is 42.5 Å². The van der Waals surface area contributed by atoms with Gasteiger partial charge in [-0.2, -0.15) is 0 Å². The minimum Gasteiger partial charge on any atom is -0.497 e. The number of likely N-dealkylation sites (N-methyl/N-ethyl adjacent to an activating group) is 1. The molecule has 0 aliphatic carbocycles. The van der Waals surface area contributed by atoms with Crippen molar-refractivity contribution in [3.63, 3.8) is 0 Å². The molecule has 0 atom stereocenters. The molecule has 1 aromatic heterocycles. The number of methoxy groups -OCH3 is 1. The summed E-state index contributed by atoms with van der Waals surface area (Å²) in [5, 5.41) is 3.36. The van der Waals surface area contributed by atoms with Crippen molar-refractivity contribution in [2.24, 2.45) is 0 Å². The zero-order chi connectivity index (χ0) is 27.0. The van der Waals surface area contributed by atoms with Crippen molar-refractivity contribution in [3.05, 3.63) is 90.1 Å². The highest BCUT2D eigenvalue weighted by Crippen LogP contribution is 2.28. The molecule has 0 unspecified atom stereocenters. The molecule has 0 radical (unpaired) electrons. The van der Waals surface area contributed by atoms with E-state index in [4.69, 9.17) is 9.72 Å². The SMILES string of the molecule is COc1ccc(-c2[nH]c(-c3ccccc3)nc2CCNS(=O)(=O)c2ccc(CNCCN(C)C)cc2)cc1. The maximum atomic E-state index is 12.9. The number of aromatic nitrogens is 2. The number of ether oxygens (including phenoxy) is 1. The first-order chi connectivity index (χ1) is 18.4. The van der Waals surface area contributed by atoms with Crippen LogP contribution in [-0.4, -0.2) is 64.1 Å². The van der Waals surface area contributed by atoms with Crippen LogP contribution in [0.5, 0.6) is 5.75 Å². The van der Waals surface area contributed by atoms with Gasteiger partial charge in [-0.15, -0.1) is 0 Å². The molecule has 0 bridgehead atoms. The fourth-order valence-corrected chi connectivity index (χ4v) is 5.06. The van der Waals surface area contributed by atoms with Gasteiger partial charge in [0.2, 0.25) is 10.0 Å². The van der Waals surface area contributed by atoms with E-state index in [1.165, 1.54) is 0 Å². The van der Waals surface area contributed by atoms with Gasteiger partial charge >= 0.3 is 0 Å². The van der Waals surface area contributed by atoms with Gasteiger partial charge in [0.25, 0.3) is 0 Å². The standard InChI is InChI=1S/C29H35N5O3S/c1-34(2)20-19-30-21-22-9-15-26(16-10-22)38(35,36)31-18-17-27-28(23-11-13-25(37-3)14-12-23)33-29(32-27)24-7-5-4-6-8-24/h4-16,30-31H,17-21H2,1-3H3,(H,32,33). The second-order valence-corrected chi connectivity index (χ2v) is 11.0. The summed E-state index contributed by atoms with van der Waals surface area (Å²) in [7, 11) is 2.05. The number of aromatic amines is 1. The zero-order valence-corrected chi connectivity index (χ0v) is 22.9. The van der Waals surface area contributed by atoms with Gasteiger partial charge in [0.15, 0.2) is 0 Å². The van der Waals surface area contributed by atoms with E-state index in [9.17, 15) is 8.42 Å². The minimum atomic E-state index is -3.65. The summed E-state index contributed by atoms with van der Waals surface area (Å²) in [5.74, 6) is 1.50. The average molecular weight is 534 g/mol. The first kappa shape index (κ1) is 27.5. The smallest absolute Gasteiger partial charge is 0.240 e. The van der Waals surface area contributed by atoms with Crippen molar-refractivity contribution in [1.29, 1.82) is 0 Å². The molecule has 0 fully saturated rings. The van der Waals surface area contributed by atoms with Gasteiger partial charge in [0, 0.05) is 43.7 Å². The predicted molar refractivity (Wildman–Crippen MR) is 152 cm³/mol. The largest absolute Gasteiger partial charge is 0.497 e. The fraction of sp³-hybridized carbons (Fsp3) is 0.276. The molecule has 0 spiro atoms.